The number of esters is 8. The molecule has 2 saturated carbocycles. The van der Waals surface area contributed by atoms with Gasteiger partial charge in [0.05, 0.1) is 28.7 Å². The summed E-state index contributed by atoms with van der Waals surface area (Å²) in [4.78, 5) is 118. The van der Waals surface area contributed by atoms with Gasteiger partial charge in [-0.1, -0.05) is 13.8 Å². The van der Waals surface area contributed by atoms with Crippen molar-refractivity contribution in [3.8, 4) is 0 Å². The van der Waals surface area contributed by atoms with Gasteiger partial charge < -0.3 is 47.7 Å². The molecule has 1 saturated heterocycles. The van der Waals surface area contributed by atoms with Gasteiger partial charge in [0, 0.05) is 59.1 Å². The van der Waals surface area contributed by atoms with Crippen LogP contribution in [0.1, 0.15) is 94.6 Å². The first-order valence-corrected chi connectivity index (χ1v) is 19.7. The van der Waals surface area contributed by atoms with Crippen LogP contribution in [0.15, 0.2) is 42.9 Å². The molecule has 2 aliphatic carbocycles. The van der Waals surface area contributed by atoms with Crippen molar-refractivity contribution in [2.45, 2.75) is 122 Å². The van der Waals surface area contributed by atoms with Gasteiger partial charge in [0.2, 0.25) is 0 Å². The molecule has 62 heavy (non-hydrogen) atoms. The molecule has 2 aliphatic heterocycles. The van der Waals surface area contributed by atoms with Crippen molar-refractivity contribution in [3.63, 3.8) is 0 Å². The van der Waals surface area contributed by atoms with Gasteiger partial charge in [0.25, 0.3) is 0 Å². The fourth-order valence-electron chi connectivity index (χ4n) is 9.73. The molecule has 20 heteroatoms. The van der Waals surface area contributed by atoms with E-state index in [0.29, 0.717) is 0 Å². The van der Waals surface area contributed by atoms with Crippen molar-refractivity contribution < 1.29 is 86.1 Å². The van der Waals surface area contributed by atoms with Gasteiger partial charge in [-0.2, -0.15) is 0 Å². The smallest absolute Gasteiger partial charge is 0.340 e. The molecule has 4 bridgehead atoms. The summed E-state index contributed by atoms with van der Waals surface area (Å²) >= 11 is 0. The van der Waals surface area contributed by atoms with Gasteiger partial charge in [0.1, 0.15) is 42.0 Å². The van der Waals surface area contributed by atoms with E-state index in [1.807, 2.05) is 0 Å². The first-order chi connectivity index (χ1) is 29.0. The summed E-state index contributed by atoms with van der Waals surface area (Å²) in [6.07, 6.45) is -8.37. The zero-order valence-corrected chi connectivity index (χ0v) is 35.4. The van der Waals surface area contributed by atoms with Crippen LogP contribution in [0.4, 0.5) is 0 Å². The molecule has 4 aliphatic rings. The van der Waals surface area contributed by atoms with Crippen molar-refractivity contribution in [3.05, 3.63) is 59.7 Å². The van der Waals surface area contributed by atoms with Crippen LogP contribution in [0.5, 0.6) is 0 Å². The van der Waals surface area contributed by atoms with Crippen molar-refractivity contribution in [1.29, 1.82) is 0 Å². The highest BCUT2D eigenvalue weighted by atomic mass is 16.7. The maximum absolute atomic E-state index is 14.5. The number of hydrogen-bond donors (Lipinski definition) is 1. The third-order valence-electron chi connectivity index (χ3n) is 12.3. The van der Waals surface area contributed by atoms with Gasteiger partial charge >= 0.3 is 47.8 Å². The molecular weight excluding hydrogens is 820 g/mol. The lowest BCUT2D eigenvalue weighted by Crippen LogP contribution is -2.89. The normalized spacial score (nSPS) is 36.0. The maximum Gasteiger partial charge on any atom is 0.340 e. The van der Waals surface area contributed by atoms with Gasteiger partial charge in [-0.05, 0) is 38.1 Å². The fourth-order valence-corrected chi connectivity index (χ4v) is 9.73. The predicted molar refractivity (Wildman–Crippen MR) is 203 cm³/mol. The maximum atomic E-state index is 14.5. The number of aromatic nitrogens is 2. The molecule has 1 spiro atoms. The standard InChI is InChI=1S/C42H48N2O18/c1-19-20(2)36(50)61-33-31(56-22(4)46)35(59-25(7)49)41(18-54-21(3)45)34(58-24(6)48)30(60-37(51)26-12-10-14-43-16-26)28-32(57-23(5)47)42(41,40(33,9)53)62-39(28,8)17-55-38(52)27-13-11-15-44-29(19)27/h10-16,19-20,28,30-35,53H,17-18H2,1-9H3/t19?,20?,28-,30-,31+,32-,33-,34-,35+,39+,40+,41+,42+/m1/s1. The van der Waals surface area contributed by atoms with E-state index in [-0.39, 0.29) is 16.8 Å². The van der Waals surface area contributed by atoms with Crippen LogP contribution in [-0.4, -0.2) is 129 Å². The van der Waals surface area contributed by atoms with Gasteiger partial charge in [-0.25, -0.2) is 9.59 Å². The topological polar surface area (TPSA) is 266 Å². The van der Waals surface area contributed by atoms with Gasteiger partial charge in [-0.3, -0.25) is 38.7 Å². The average molecular weight is 869 g/mol. The Morgan fingerprint density at radius 1 is 0.774 bits per heavy atom. The van der Waals surface area contributed by atoms with Crippen molar-refractivity contribution in [2.24, 2.45) is 17.3 Å². The zero-order chi connectivity index (χ0) is 45.7. The highest BCUT2D eigenvalue weighted by Crippen LogP contribution is 2.70. The molecule has 1 N–H and O–H groups in total. The van der Waals surface area contributed by atoms with Crippen LogP contribution in [0.3, 0.4) is 0 Å². The first kappa shape index (κ1) is 45.5. The molecule has 2 aromatic rings. The van der Waals surface area contributed by atoms with E-state index in [9.17, 15) is 43.5 Å². The molecule has 2 unspecified atom stereocenters. The van der Waals surface area contributed by atoms with E-state index in [2.05, 4.69) is 9.97 Å². The van der Waals surface area contributed by atoms with E-state index in [1.54, 1.807) is 6.92 Å². The Bertz CT molecular complexity index is 2160. The minimum Gasteiger partial charge on any atom is -0.465 e. The van der Waals surface area contributed by atoms with Crippen LogP contribution in [-0.2, 0) is 71.4 Å². The quantitative estimate of drug-likeness (QED) is 0.292. The minimum atomic E-state index is -2.86. The monoisotopic (exact) mass is 868 g/mol. The Morgan fingerprint density at radius 2 is 1.37 bits per heavy atom. The van der Waals surface area contributed by atoms with E-state index in [4.69, 9.17) is 42.6 Å². The van der Waals surface area contributed by atoms with Crippen molar-refractivity contribution in [1.82, 2.24) is 9.97 Å². The minimum absolute atomic E-state index is 0.0579. The number of cyclic esters (lactones) is 1. The Hall–Kier alpha value is -6.02. The largest absolute Gasteiger partial charge is 0.465 e. The average Bonchev–Trinajstić information content (AvgIpc) is 3.42. The number of rotatable bonds is 8. The summed E-state index contributed by atoms with van der Waals surface area (Å²) < 4.78 is 55.3. The number of carbonyl (C=O) groups is 8. The third-order valence-corrected chi connectivity index (χ3v) is 12.3. The van der Waals surface area contributed by atoms with Crippen LogP contribution in [0.25, 0.3) is 0 Å². The summed E-state index contributed by atoms with van der Waals surface area (Å²) in [6, 6.07) is 5.67. The second kappa shape index (κ2) is 16.7. The van der Waals surface area contributed by atoms with Crippen LogP contribution in [0.2, 0.25) is 0 Å². The highest BCUT2D eigenvalue weighted by molar-refractivity contribution is 5.91. The summed E-state index contributed by atoms with van der Waals surface area (Å²) in [7, 11) is 0. The number of carbonyl (C=O) groups excluding carboxylic acids is 8. The Kier molecular flexibility index (Phi) is 12.2. The van der Waals surface area contributed by atoms with E-state index < -0.39 is 138 Å². The Balaban J connectivity index is 1.80. The van der Waals surface area contributed by atoms with E-state index >= 15 is 0 Å². The van der Waals surface area contributed by atoms with E-state index in [1.165, 1.54) is 50.5 Å². The second-order valence-corrected chi connectivity index (χ2v) is 16.4. The molecule has 6 rings (SSSR count). The molecule has 0 aromatic carbocycles. The van der Waals surface area contributed by atoms with Gasteiger partial charge in [-0.15, -0.1) is 0 Å². The molecule has 0 radical (unpaired) electrons. The van der Waals surface area contributed by atoms with Crippen LogP contribution in [0, 0.1) is 17.3 Å². The molecule has 0 amide bonds. The molecular formula is C42H48N2O18. The third kappa shape index (κ3) is 7.41. The highest BCUT2D eigenvalue weighted by Gasteiger charge is 2.92. The van der Waals surface area contributed by atoms with Gasteiger partial charge in [0.15, 0.2) is 30.0 Å². The van der Waals surface area contributed by atoms with Crippen LogP contribution < -0.4 is 0 Å². The number of hydrogen-bond acceptors (Lipinski definition) is 20. The number of fused-ring (bicyclic) bond motifs is 5. The Morgan fingerprint density at radius 3 is 1.95 bits per heavy atom. The summed E-state index contributed by atoms with van der Waals surface area (Å²) in [6.45, 7) is 8.55. The zero-order valence-electron chi connectivity index (χ0n) is 35.4. The molecule has 4 heterocycles. The molecule has 3 fully saturated rings. The molecule has 2 aromatic heterocycles. The number of nitrogens with zero attached hydrogens (tertiary/aromatic N) is 2. The summed E-state index contributed by atoms with van der Waals surface area (Å²) in [5, 5.41) is 13.6. The SMILES string of the molecule is CC(=O)OC[C@@]12[C@H](OC(C)=O)[C@H](OC(=O)c3cccnc3)[C@@H]3[C@@H](OC(C)=O)[C@@]14O[C@@]3(C)COC(=O)c1cccnc1C(C)C(C)C(=O)O[C@H]([C@H](OC(C)=O)[C@@H]2OC(C)=O)[C@]4(C)O. The van der Waals surface area contributed by atoms with Crippen LogP contribution >= 0.6 is 0 Å². The lowest BCUT2D eigenvalue weighted by molar-refractivity contribution is -0.386. The van der Waals surface area contributed by atoms with E-state index in [0.717, 1.165) is 47.7 Å². The van der Waals surface area contributed by atoms with Crippen molar-refractivity contribution >= 4 is 47.8 Å². The lowest BCUT2D eigenvalue weighted by atomic mass is 9.45. The lowest BCUT2D eigenvalue weighted by Gasteiger charge is -2.67. The Labute approximate surface area is 355 Å². The van der Waals surface area contributed by atoms with Crippen molar-refractivity contribution in [2.75, 3.05) is 13.2 Å². The first-order valence-electron chi connectivity index (χ1n) is 19.7. The molecule has 13 atom stereocenters. The predicted octanol–water partition coefficient (Wildman–Crippen LogP) is 1.72. The second-order valence-electron chi connectivity index (χ2n) is 16.4. The fraction of sp³-hybridized carbons (Fsp3) is 0.571. The molecule has 20 nitrogen and oxygen atoms in total. The summed E-state index contributed by atoms with van der Waals surface area (Å²) in [5.74, 6) is -12.0. The summed E-state index contributed by atoms with van der Waals surface area (Å²) in [5.41, 5.74) is -10.5. The number of aliphatic hydroxyl groups is 1. The number of pyridine rings is 2. The number of ether oxygens (including phenoxy) is 9. The molecule has 334 valence electrons.